The van der Waals surface area contributed by atoms with Gasteiger partial charge in [-0.15, -0.1) is 0 Å². The summed E-state index contributed by atoms with van der Waals surface area (Å²) in [5.74, 6) is 0.486. The predicted octanol–water partition coefficient (Wildman–Crippen LogP) is 4.87. The molecule has 27 heavy (non-hydrogen) atoms. The second-order valence-electron chi connectivity index (χ2n) is 7.22. The maximum Gasteiger partial charge on any atom is 0.207 e. The van der Waals surface area contributed by atoms with Crippen molar-refractivity contribution in [3.8, 4) is 0 Å². The van der Waals surface area contributed by atoms with Crippen molar-refractivity contribution in [2.75, 3.05) is 12.7 Å². The largest absolute Gasteiger partial charge is 0.391 e. The van der Waals surface area contributed by atoms with Crippen LogP contribution >= 0.6 is 30.6 Å². The Hall–Kier alpha value is -0.870. The summed E-state index contributed by atoms with van der Waals surface area (Å²) in [7, 11) is -3.45. The fourth-order valence-electron chi connectivity index (χ4n) is 3.28. The molecule has 3 unspecified atom stereocenters. The van der Waals surface area contributed by atoms with Crippen LogP contribution in [0.25, 0.3) is 0 Å². The number of rotatable bonds is 9. The molecule has 0 spiro atoms. The zero-order valence-corrected chi connectivity index (χ0v) is 17.3. The molecule has 0 amide bonds. The maximum absolute atomic E-state index is 12.5. The minimum Gasteiger partial charge on any atom is -0.391 e. The fourth-order valence-corrected chi connectivity index (χ4v) is 5.29. The van der Waals surface area contributed by atoms with Crippen LogP contribution in [0.4, 0.5) is 0 Å². The molecule has 0 bridgehead atoms. The van der Waals surface area contributed by atoms with Crippen LogP contribution in [0.5, 0.6) is 0 Å². The van der Waals surface area contributed by atoms with Crippen molar-refractivity contribution in [2.45, 2.75) is 31.1 Å². The minimum atomic E-state index is -3.45. The molecule has 1 saturated carbocycles. The molecular weight excluding hydrogens is 404 g/mol. The Morgan fingerprint density at radius 3 is 2.44 bits per heavy atom. The summed E-state index contributed by atoms with van der Waals surface area (Å²) in [5.41, 5.74) is 1.82. The van der Waals surface area contributed by atoms with Crippen molar-refractivity contribution >= 4 is 30.6 Å². The van der Waals surface area contributed by atoms with E-state index in [0.29, 0.717) is 16.0 Å². The lowest BCUT2D eigenvalue weighted by Gasteiger charge is -2.22. The lowest BCUT2D eigenvalue weighted by Crippen LogP contribution is -2.33. The zero-order chi connectivity index (χ0) is 19.4. The Bertz CT molecular complexity index is 814. The van der Waals surface area contributed by atoms with Crippen LogP contribution in [0.1, 0.15) is 30.0 Å². The van der Waals surface area contributed by atoms with Gasteiger partial charge in [0.05, 0.1) is 22.3 Å². The average Bonchev–Trinajstić information content (AvgIpc) is 3.43. The Labute approximate surface area is 170 Å². The van der Waals surface area contributed by atoms with E-state index in [0.717, 1.165) is 24.0 Å². The molecule has 0 heterocycles. The summed E-state index contributed by atoms with van der Waals surface area (Å²) >= 11 is 12.1. The molecule has 1 aliphatic rings. The van der Waals surface area contributed by atoms with Crippen molar-refractivity contribution < 1.29 is 14.6 Å². The summed E-state index contributed by atoms with van der Waals surface area (Å²) in [4.78, 5) is 10.2. The highest BCUT2D eigenvalue weighted by Gasteiger charge is 2.33. The van der Waals surface area contributed by atoms with E-state index in [1.165, 1.54) is 0 Å². The van der Waals surface area contributed by atoms with Crippen molar-refractivity contribution in [1.29, 1.82) is 0 Å². The van der Waals surface area contributed by atoms with Gasteiger partial charge in [-0.2, -0.15) is 0 Å². The number of aliphatic hydroxyl groups is 1. The molecule has 3 atom stereocenters. The van der Waals surface area contributed by atoms with Crippen LogP contribution in [0.15, 0.2) is 48.5 Å². The zero-order valence-electron chi connectivity index (χ0n) is 14.9. The van der Waals surface area contributed by atoms with Gasteiger partial charge in [-0.25, -0.2) is 0 Å². The number of hydrogen-bond donors (Lipinski definition) is 3. The summed E-state index contributed by atoms with van der Waals surface area (Å²) in [6.07, 6.45) is 1.27. The van der Waals surface area contributed by atoms with E-state index in [4.69, 9.17) is 23.2 Å². The molecule has 3 rings (SSSR count). The third-order valence-corrected chi connectivity index (χ3v) is 7.33. The summed E-state index contributed by atoms with van der Waals surface area (Å²) < 4.78 is 12.5. The number of hydrogen-bond acceptors (Lipinski definition) is 3. The first-order valence-electron chi connectivity index (χ1n) is 9.05. The standard InChI is InChI=1S/C20H24Cl2NO3P/c21-18-9-8-16(10-19(18)22)20(15-6-7-15)23-11-17(24)13-27(25,26)12-14-4-2-1-3-5-14/h1-5,8-10,15,17,20,23-24H,6-7,11-13H2,(H,25,26). The van der Waals surface area contributed by atoms with Crippen LogP contribution < -0.4 is 5.32 Å². The molecule has 0 aliphatic heterocycles. The predicted molar refractivity (Wildman–Crippen MR) is 111 cm³/mol. The smallest absolute Gasteiger partial charge is 0.207 e. The van der Waals surface area contributed by atoms with Crippen LogP contribution in [0.3, 0.4) is 0 Å². The molecule has 1 fully saturated rings. The second kappa shape index (κ2) is 9.09. The molecule has 0 radical (unpaired) electrons. The summed E-state index contributed by atoms with van der Waals surface area (Å²) in [6, 6.07) is 14.8. The summed E-state index contributed by atoms with van der Waals surface area (Å²) in [5, 5.41) is 14.7. The van der Waals surface area contributed by atoms with E-state index in [-0.39, 0.29) is 24.9 Å². The minimum absolute atomic E-state index is 0.0571. The van der Waals surface area contributed by atoms with Gasteiger partial charge >= 0.3 is 0 Å². The van der Waals surface area contributed by atoms with E-state index in [1.807, 2.05) is 42.5 Å². The van der Waals surface area contributed by atoms with Gasteiger partial charge in [0.2, 0.25) is 7.37 Å². The Balaban J connectivity index is 1.57. The highest BCUT2D eigenvalue weighted by Crippen LogP contribution is 2.45. The van der Waals surface area contributed by atoms with Gasteiger partial charge in [-0.05, 0) is 42.0 Å². The van der Waals surface area contributed by atoms with Crippen molar-refractivity contribution in [1.82, 2.24) is 5.32 Å². The summed E-state index contributed by atoms with van der Waals surface area (Å²) in [6.45, 7) is 0.251. The van der Waals surface area contributed by atoms with Gasteiger partial charge in [-0.1, -0.05) is 59.6 Å². The van der Waals surface area contributed by atoms with Crippen LogP contribution in [-0.4, -0.2) is 28.8 Å². The topological polar surface area (TPSA) is 69.6 Å². The SMILES string of the molecule is O=P(O)(Cc1ccccc1)CC(O)CNC(c1ccc(Cl)c(Cl)c1)C1CC1. The average molecular weight is 428 g/mol. The molecular formula is C20H24Cl2NO3P. The lowest BCUT2D eigenvalue weighted by molar-refractivity contribution is 0.183. The monoisotopic (exact) mass is 427 g/mol. The van der Waals surface area contributed by atoms with Gasteiger partial charge in [0.15, 0.2) is 0 Å². The molecule has 146 valence electrons. The third-order valence-electron chi connectivity index (χ3n) is 4.74. The molecule has 4 nitrogen and oxygen atoms in total. The molecule has 3 N–H and O–H groups in total. The molecule has 0 saturated heterocycles. The lowest BCUT2D eigenvalue weighted by atomic mass is 10.0. The number of aliphatic hydroxyl groups excluding tert-OH is 1. The molecule has 2 aromatic carbocycles. The van der Waals surface area contributed by atoms with Gasteiger partial charge in [0.1, 0.15) is 0 Å². The normalized spacial score (nSPS) is 18.7. The highest BCUT2D eigenvalue weighted by atomic mass is 35.5. The van der Waals surface area contributed by atoms with Crippen molar-refractivity contribution in [3.05, 3.63) is 69.7 Å². The number of halogens is 2. The van der Waals surface area contributed by atoms with Crippen molar-refractivity contribution in [2.24, 2.45) is 5.92 Å². The molecule has 0 aromatic heterocycles. The van der Waals surface area contributed by atoms with E-state index < -0.39 is 13.5 Å². The first-order valence-corrected chi connectivity index (χ1v) is 11.8. The van der Waals surface area contributed by atoms with Crippen molar-refractivity contribution in [3.63, 3.8) is 0 Å². The number of benzene rings is 2. The van der Waals surface area contributed by atoms with Gasteiger partial charge in [0, 0.05) is 18.7 Å². The molecule has 1 aliphatic carbocycles. The van der Waals surface area contributed by atoms with Gasteiger partial charge in [0.25, 0.3) is 0 Å². The quantitative estimate of drug-likeness (QED) is 0.499. The Morgan fingerprint density at radius 2 is 1.81 bits per heavy atom. The molecule has 2 aromatic rings. The Morgan fingerprint density at radius 1 is 1.11 bits per heavy atom. The van der Waals surface area contributed by atoms with E-state index in [9.17, 15) is 14.6 Å². The second-order valence-corrected chi connectivity index (χ2v) is 10.4. The van der Waals surface area contributed by atoms with E-state index >= 15 is 0 Å². The van der Waals surface area contributed by atoms with Gasteiger partial charge in [-0.3, -0.25) is 4.57 Å². The number of nitrogens with one attached hydrogen (secondary N) is 1. The molecule has 7 heteroatoms. The fraction of sp³-hybridized carbons (Fsp3) is 0.400. The highest BCUT2D eigenvalue weighted by molar-refractivity contribution is 7.57. The van der Waals surface area contributed by atoms with Crippen LogP contribution in [0, 0.1) is 5.92 Å². The Kier molecular flexibility index (Phi) is 7.02. The van der Waals surface area contributed by atoms with E-state index in [1.54, 1.807) is 6.07 Å². The first-order chi connectivity index (χ1) is 12.8. The van der Waals surface area contributed by atoms with Crippen LogP contribution in [0.2, 0.25) is 10.0 Å². The van der Waals surface area contributed by atoms with E-state index in [2.05, 4.69) is 5.32 Å². The third kappa shape index (κ3) is 6.32. The first kappa shape index (κ1) is 20.9. The maximum atomic E-state index is 12.5. The van der Waals surface area contributed by atoms with Gasteiger partial charge < -0.3 is 15.3 Å². The van der Waals surface area contributed by atoms with Crippen LogP contribution in [-0.2, 0) is 10.7 Å².